The number of nitrogens with zero attached hydrogens (tertiary/aromatic N) is 1. The number of pyridine rings is 1. The molecule has 0 saturated carbocycles. The van der Waals surface area contributed by atoms with Gasteiger partial charge >= 0.3 is 18.4 Å². The Hall–Kier alpha value is -3.74. The molecule has 0 atom stereocenters. The fourth-order valence-electron chi connectivity index (χ4n) is 2.77. The summed E-state index contributed by atoms with van der Waals surface area (Å²) in [4.78, 5) is 28.6. The van der Waals surface area contributed by atoms with Crippen LogP contribution in [0.1, 0.15) is 21.5 Å². The SMILES string of the molecule is CNC(=O)c1ccc(Sc2ccc(NC(=O)Nc3cc(C(F)(F)F)cc(C(F)(F)F)c3)cc2)nc1. The number of benzene rings is 2. The summed E-state index contributed by atoms with van der Waals surface area (Å²) >= 11 is 1.27. The molecule has 0 bridgehead atoms. The zero-order valence-corrected chi connectivity index (χ0v) is 18.5. The van der Waals surface area contributed by atoms with E-state index in [-0.39, 0.29) is 17.7 Å². The van der Waals surface area contributed by atoms with Gasteiger partial charge in [0.05, 0.1) is 16.7 Å². The Balaban J connectivity index is 1.66. The van der Waals surface area contributed by atoms with Gasteiger partial charge in [-0.05, 0) is 54.6 Å². The van der Waals surface area contributed by atoms with Crippen molar-refractivity contribution in [3.8, 4) is 0 Å². The van der Waals surface area contributed by atoms with Gasteiger partial charge in [-0.3, -0.25) is 4.79 Å². The number of amides is 3. The van der Waals surface area contributed by atoms with Crippen LogP contribution in [-0.2, 0) is 12.4 Å². The Morgan fingerprint density at radius 1 is 0.800 bits per heavy atom. The minimum absolute atomic E-state index is 0.0273. The third-order valence-electron chi connectivity index (χ3n) is 4.41. The fraction of sp³-hybridized carbons (Fsp3) is 0.136. The van der Waals surface area contributed by atoms with Crippen molar-refractivity contribution < 1.29 is 35.9 Å². The van der Waals surface area contributed by atoms with Crippen LogP contribution in [0.3, 0.4) is 0 Å². The van der Waals surface area contributed by atoms with E-state index in [2.05, 4.69) is 15.6 Å². The number of nitrogens with one attached hydrogen (secondary N) is 3. The van der Waals surface area contributed by atoms with Gasteiger partial charge in [0, 0.05) is 29.5 Å². The maximum absolute atomic E-state index is 13.0. The van der Waals surface area contributed by atoms with Crippen molar-refractivity contribution in [3.63, 3.8) is 0 Å². The van der Waals surface area contributed by atoms with Gasteiger partial charge < -0.3 is 16.0 Å². The molecular formula is C22H16F6N4O2S. The summed E-state index contributed by atoms with van der Waals surface area (Å²) in [6, 6.07) is 9.27. The normalized spacial score (nSPS) is 11.6. The number of hydrogen-bond acceptors (Lipinski definition) is 4. The number of carbonyl (C=O) groups excluding carboxylic acids is 2. The topological polar surface area (TPSA) is 83.1 Å². The van der Waals surface area contributed by atoms with E-state index >= 15 is 0 Å². The number of halogens is 6. The first kappa shape index (κ1) is 25.9. The summed E-state index contributed by atoms with van der Waals surface area (Å²) in [6.07, 6.45) is -8.64. The molecule has 1 heterocycles. The highest BCUT2D eigenvalue weighted by molar-refractivity contribution is 7.99. The summed E-state index contributed by atoms with van der Waals surface area (Å²) in [5, 5.41) is 7.41. The molecule has 0 aliphatic heterocycles. The molecule has 35 heavy (non-hydrogen) atoms. The molecule has 3 rings (SSSR count). The third kappa shape index (κ3) is 7.12. The molecule has 3 amide bonds. The molecule has 184 valence electrons. The maximum atomic E-state index is 13.0. The molecule has 0 radical (unpaired) electrons. The van der Waals surface area contributed by atoms with Gasteiger partial charge in [-0.15, -0.1) is 0 Å². The van der Waals surface area contributed by atoms with Crippen molar-refractivity contribution in [2.45, 2.75) is 22.3 Å². The Morgan fingerprint density at radius 2 is 1.37 bits per heavy atom. The lowest BCUT2D eigenvalue weighted by Crippen LogP contribution is -2.20. The molecule has 0 spiro atoms. The highest BCUT2D eigenvalue weighted by Crippen LogP contribution is 2.37. The van der Waals surface area contributed by atoms with E-state index in [9.17, 15) is 35.9 Å². The summed E-state index contributed by atoms with van der Waals surface area (Å²) in [7, 11) is 1.50. The molecule has 0 saturated heterocycles. The first-order chi connectivity index (χ1) is 16.3. The second kappa shape index (κ2) is 10.3. The van der Waals surface area contributed by atoms with Crippen molar-refractivity contribution in [1.82, 2.24) is 10.3 Å². The van der Waals surface area contributed by atoms with Crippen molar-refractivity contribution in [1.29, 1.82) is 0 Å². The number of hydrogen-bond donors (Lipinski definition) is 3. The molecule has 0 fully saturated rings. The molecular weight excluding hydrogens is 498 g/mol. The molecule has 0 aliphatic carbocycles. The van der Waals surface area contributed by atoms with Gasteiger partial charge in [-0.25, -0.2) is 9.78 Å². The first-order valence-electron chi connectivity index (χ1n) is 9.68. The maximum Gasteiger partial charge on any atom is 0.416 e. The Bertz CT molecular complexity index is 1180. The number of rotatable bonds is 5. The average molecular weight is 514 g/mol. The van der Waals surface area contributed by atoms with Gasteiger partial charge in [0.2, 0.25) is 0 Å². The Morgan fingerprint density at radius 3 is 1.86 bits per heavy atom. The molecule has 6 nitrogen and oxygen atoms in total. The van der Waals surface area contributed by atoms with Crippen LogP contribution in [0.25, 0.3) is 0 Å². The molecule has 0 unspecified atom stereocenters. The van der Waals surface area contributed by atoms with Gasteiger partial charge in [-0.2, -0.15) is 26.3 Å². The predicted molar refractivity (Wildman–Crippen MR) is 117 cm³/mol. The zero-order chi connectivity index (χ0) is 25.8. The van der Waals surface area contributed by atoms with Gasteiger partial charge in [0.25, 0.3) is 5.91 Å². The minimum Gasteiger partial charge on any atom is -0.355 e. The smallest absolute Gasteiger partial charge is 0.355 e. The van der Waals surface area contributed by atoms with Crippen LogP contribution < -0.4 is 16.0 Å². The number of alkyl halides is 6. The lowest BCUT2D eigenvalue weighted by molar-refractivity contribution is -0.143. The van der Waals surface area contributed by atoms with Crippen LogP contribution in [0.4, 0.5) is 42.5 Å². The number of anilines is 2. The third-order valence-corrected chi connectivity index (χ3v) is 5.36. The van der Waals surface area contributed by atoms with E-state index in [4.69, 9.17) is 0 Å². The number of urea groups is 1. The highest BCUT2D eigenvalue weighted by Gasteiger charge is 2.37. The van der Waals surface area contributed by atoms with E-state index in [0.717, 1.165) is 4.90 Å². The molecule has 13 heteroatoms. The molecule has 2 aromatic carbocycles. The van der Waals surface area contributed by atoms with Crippen LogP contribution in [0.5, 0.6) is 0 Å². The Labute approximate surface area is 199 Å². The summed E-state index contributed by atoms with van der Waals surface area (Å²) in [5.74, 6) is -0.275. The van der Waals surface area contributed by atoms with Gasteiger partial charge in [-0.1, -0.05) is 11.8 Å². The van der Waals surface area contributed by atoms with Crippen molar-refractivity contribution in [2.24, 2.45) is 0 Å². The van der Waals surface area contributed by atoms with Crippen molar-refractivity contribution in [2.75, 3.05) is 17.7 Å². The largest absolute Gasteiger partial charge is 0.416 e. The molecule has 3 N–H and O–H groups in total. The highest BCUT2D eigenvalue weighted by atomic mass is 32.2. The summed E-state index contributed by atoms with van der Waals surface area (Å²) in [5.41, 5.74) is -3.10. The first-order valence-corrected chi connectivity index (χ1v) is 10.5. The van der Waals surface area contributed by atoms with Crippen LogP contribution >= 0.6 is 11.8 Å². The van der Waals surface area contributed by atoms with Crippen LogP contribution in [0, 0.1) is 0 Å². The van der Waals surface area contributed by atoms with E-state index in [1.807, 2.05) is 5.32 Å². The Kier molecular flexibility index (Phi) is 7.58. The molecule has 1 aromatic heterocycles. The monoisotopic (exact) mass is 514 g/mol. The van der Waals surface area contributed by atoms with E-state index < -0.39 is 35.2 Å². The van der Waals surface area contributed by atoms with E-state index in [0.29, 0.717) is 22.7 Å². The number of carbonyl (C=O) groups is 2. The van der Waals surface area contributed by atoms with Crippen molar-refractivity contribution in [3.05, 3.63) is 77.5 Å². The predicted octanol–water partition coefficient (Wildman–Crippen LogP) is 6.27. The van der Waals surface area contributed by atoms with E-state index in [1.54, 1.807) is 24.3 Å². The lowest BCUT2D eigenvalue weighted by Gasteiger charge is -2.15. The van der Waals surface area contributed by atoms with Crippen LogP contribution in [0.2, 0.25) is 0 Å². The van der Waals surface area contributed by atoms with Crippen LogP contribution in [-0.4, -0.2) is 24.0 Å². The molecule has 0 aliphatic rings. The van der Waals surface area contributed by atoms with Gasteiger partial charge in [0.1, 0.15) is 5.03 Å². The standard InChI is InChI=1S/C22H16F6N4O2S/c1-29-19(33)12-2-7-18(30-11-12)35-17-5-3-15(4-6-17)31-20(34)32-16-9-13(21(23,24)25)8-14(10-16)22(26,27)28/h2-11H,1H3,(H,29,33)(H2,31,32,34). The van der Waals surface area contributed by atoms with Gasteiger partial charge in [0.15, 0.2) is 0 Å². The van der Waals surface area contributed by atoms with Crippen LogP contribution in [0.15, 0.2) is 70.7 Å². The average Bonchev–Trinajstić information content (AvgIpc) is 2.79. The number of aromatic nitrogens is 1. The van der Waals surface area contributed by atoms with Crippen molar-refractivity contribution >= 4 is 35.1 Å². The second-order valence-corrected chi connectivity index (χ2v) is 8.06. The quantitative estimate of drug-likeness (QED) is 0.351. The zero-order valence-electron chi connectivity index (χ0n) is 17.7. The van der Waals surface area contributed by atoms with E-state index in [1.165, 1.54) is 37.1 Å². The lowest BCUT2D eigenvalue weighted by atomic mass is 10.1. The molecule has 3 aromatic rings. The fourth-order valence-corrected chi connectivity index (χ4v) is 3.52. The minimum atomic E-state index is -5.03. The summed E-state index contributed by atoms with van der Waals surface area (Å²) in [6.45, 7) is 0. The second-order valence-electron chi connectivity index (χ2n) is 6.96. The summed E-state index contributed by atoms with van der Waals surface area (Å²) < 4.78 is 77.8.